The van der Waals surface area contributed by atoms with Crippen molar-refractivity contribution in [2.24, 2.45) is 5.14 Å². The van der Waals surface area contributed by atoms with Crippen LogP contribution in [0.2, 0.25) is 0 Å². The van der Waals surface area contributed by atoms with Gasteiger partial charge >= 0.3 is 0 Å². The summed E-state index contributed by atoms with van der Waals surface area (Å²) in [4.78, 5) is 3.38. The molecule has 0 aliphatic rings. The van der Waals surface area contributed by atoms with Gasteiger partial charge in [-0.2, -0.15) is 0 Å². The normalized spacial score (nSPS) is 11.5. The first-order valence-electron chi connectivity index (χ1n) is 7.31. The van der Waals surface area contributed by atoms with Crippen LogP contribution in [0.1, 0.15) is 5.56 Å². The lowest BCUT2D eigenvalue weighted by atomic mass is 9.98. The first-order chi connectivity index (χ1) is 11.8. The zero-order chi connectivity index (χ0) is 18.2. The molecule has 0 bridgehead atoms. The zero-order valence-corrected chi connectivity index (χ0v) is 14.0. The third kappa shape index (κ3) is 3.42. The number of nitrogens with two attached hydrogens (primary N) is 1. The monoisotopic (exact) mass is 360 g/mol. The van der Waals surface area contributed by atoms with Gasteiger partial charge in [0.1, 0.15) is 16.5 Å². The number of hydrogen-bond acceptors (Lipinski definition) is 3. The number of pyridine rings is 1. The summed E-state index contributed by atoms with van der Waals surface area (Å²) in [5.41, 5.74) is 2.51. The number of aromatic nitrogens is 1. The van der Waals surface area contributed by atoms with Crippen molar-refractivity contribution in [2.45, 2.75) is 11.8 Å². The molecule has 0 aliphatic heterocycles. The Labute approximate surface area is 144 Å². The molecule has 0 saturated heterocycles. The van der Waals surface area contributed by atoms with Crippen LogP contribution in [0.3, 0.4) is 0 Å². The third-order valence-corrected chi connectivity index (χ3v) is 4.68. The molecule has 25 heavy (non-hydrogen) atoms. The number of nitrogens with zero attached hydrogens (tertiary/aromatic N) is 1. The standard InChI is InChI=1S/C18H14F2N2O2S/c1-11-4-6-12(7-5-11)18-13(3-2-8-22-18)14-9-16(20)17(10-15(14)19)25(21,23)24/h2-10H,1H3,(H2,21,23,24). The Bertz CT molecular complexity index is 1050. The highest BCUT2D eigenvalue weighted by Crippen LogP contribution is 2.33. The fraction of sp³-hybridized carbons (Fsp3) is 0.0556. The number of aryl methyl sites for hydroxylation is 1. The Kier molecular flexibility index (Phi) is 4.36. The minimum Gasteiger partial charge on any atom is -0.256 e. The Hall–Kier alpha value is -2.64. The summed E-state index contributed by atoms with van der Waals surface area (Å²) in [5.74, 6) is -2.01. The Morgan fingerprint density at radius 3 is 2.28 bits per heavy atom. The first kappa shape index (κ1) is 17.2. The summed E-state index contributed by atoms with van der Waals surface area (Å²) in [7, 11) is -4.35. The lowest BCUT2D eigenvalue weighted by molar-refractivity contribution is 0.555. The van der Waals surface area contributed by atoms with Crippen LogP contribution in [0.15, 0.2) is 59.6 Å². The molecule has 0 unspecified atom stereocenters. The lowest BCUT2D eigenvalue weighted by Gasteiger charge is -2.11. The van der Waals surface area contributed by atoms with Gasteiger partial charge in [-0.3, -0.25) is 4.98 Å². The van der Waals surface area contributed by atoms with Gasteiger partial charge in [0.15, 0.2) is 0 Å². The van der Waals surface area contributed by atoms with Gasteiger partial charge in [-0.1, -0.05) is 35.9 Å². The highest BCUT2D eigenvalue weighted by atomic mass is 32.2. The van der Waals surface area contributed by atoms with Gasteiger partial charge in [0.05, 0.1) is 5.69 Å². The van der Waals surface area contributed by atoms with Gasteiger partial charge in [0, 0.05) is 22.9 Å². The van der Waals surface area contributed by atoms with E-state index in [4.69, 9.17) is 5.14 Å². The third-order valence-electron chi connectivity index (χ3n) is 3.75. The zero-order valence-electron chi connectivity index (χ0n) is 13.2. The highest BCUT2D eigenvalue weighted by molar-refractivity contribution is 7.89. The molecule has 0 fully saturated rings. The maximum absolute atomic E-state index is 14.5. The van der Waals surface area contributed by atoms with Gasteiger partial charge < -0.3 is 0 Å². The maximum Gasteiger partial charge on any atom is 0.241 e. The quantitative estimate of drug-likeness (QED) is 0.775. The molecule has 7 heteroatoms. The Balaban J connectivity index is 2.22. The molecule has 1 heterocycles. The van der Waals surface area contributed by atoms with Crippen LogP contribution in [-0.4, -0.2) is 13.4 Å². The van der Waals surface area contributed by atoms with Crippen molar-refractivity contribution in [1.82, 2.24) is 4.98 Å². The molecule has 0 atom stereocenters. The van der Waals surface area contributed by atoms with Gasteiger partial charge in [-0.15, -0.1) is 0 Å². The molecule has 1 aromatic heterocycles. The van der Waals surface area contributed by atoms with Crippen LogP contribution in [0, 0.1) is 18.6 Å². The van der Waals surface area contributed by atoms with E-state index in [0.717, 1.165) is 17.2 Å². The Morgan fingerprint density at radius 1 is 0.960 bits per heavy atom. The van der Waals surface area contributed by atoms with E-state index in [1.165, 1.54) is 0 Å². The van der Waals surface area contributed by atoms with E-state index in [1.54, 1.807) is 18.3 Å². The van der Waals surface area contributed by atoms with Crippen LogP contribution < -0.4 is 5.14 Å². The van der Waals surface area contributed by atoms with E-state index < -0.39 is 26.6 Å². The van der Waals surface area contributed by atoms with Crippen molar-refractivity contribution in [3.63, 3.8) is 0 Å². The number of primary sulfonamides is 1. The van der Waals surface area contributed by atoms with E-state index in [2.05, 4.69) is 4.98 Å². The molecular formula is C18H14F2N2O2S. The van der Waals surface area contributed by atoms with Gasteiger partial charge in [-0.05, 0) is 25.1 Å². The number of rotatable bonds is 3. The molecule has 0 radical (unpaired) electrons. The smallest absolute Gasteiger partial charge is 0.241 e. The molecule has 0 saturated carbocycles. The SMILES string of the molecule is Cc1ccc(-c2ncccc2-c2cc(F)c(S(N)(=O)=O)cc2F)cc1. The van der Waals surface area contributed by atoms with Gasteiger partial charge in [0.2, 0.25) is 10.0 Å². The van der Waals surface area contributed by atoms with E-state index >= 15 is 0 Å². The highest BCUT2D eigenvalue weighted by Gasteiger charge is 2.20. The summed E-state index contributed by atoms with van der Waals surface area (Å²) >= 11 is 0. The molecule has 0 spiro atoms. The van der Waals surface area contributed by atoms with Crippen LogP contribution in [0.25, 0.3) is 22.4 Å². The van der Waals surface area contributed by atoms with Crippen molar-refractivity contribution < 1.29 is 17.2 Å². The summed E-state index contributed by atoms with van der Waals surface area (Å²) in [6.07, 6.45) is 1.55. The van der Waals surface area contributed by atoms with Crippen molar-refractivity contribution in [3.05, 3.63) is 71.9 Å². The molecule has 3 aromatic rings. The second-order valence-electron chi connectivity index (χ2n) is 5.57. The van der Waals surface area contributed by atoms with Crippen molar-refractivity contribution >= 4 is 10.0 Å². The molecule has 0 aliphatic carbocycles. The van der Waals surface area contributed by atoms with Gasteiger partial charge in [-0.25, -0.2) is 22.3 Å². The summed E-state index contributed by atoms with van der Waals surface area (Å²) in [6.45, 7) is 1.93. The second-order valence-corrected chi connectivity index (χ2v) is 7.10. The average molecular weight is 360 g/mol. The summed E-state index contributed by atoms with van der Waals surface area (Å²) < 4.78 is 51.3. The van der Waals surface area contributed by atoms with E-state index in [1.807, 2.05) is 31.2 Å². The van der Waals surface area contributed by atoms with Crippen molar-refractivity contribution in [3.8, 4) is 22.4 Å². The minimum absolute atomic E-state index is 0.0893. The number of hydrogen-bond donors (Lipinski definition) is 1. The number of sulfonamides is 1. The largest absolute Gasteiger partial charge is 0.256 e. The summed E-state index contributed by atoms with van der Waals surface area (Å²) in [6, 6.07) is 12.0. The number of benzene rings is 2. The molecule has 0 amide bonds. The fourth-order valence-corrected chi connectivity index (χ4v) is 3.12. The number of halogens is 2. The molecule has 2 N–H and O–H groups in total. The van der Waals surface area contributed by atoms with Crippen molar-refractivity contribution in [2.75, 3.05) is 0 Å². The van der Waals surface area contributed by atoms with Crippen molar-refractivity contribution in [1.29, 1.82) is 0 Å². The fourth-order valence-electron chi connectivity index (χ4n) is 2.52. The van der Waals surface area contributed by atoms with Crippen LogP contribution in [-0.2, 0) is 10.0 Å². The minimum atomic E-state index is -4.35. The maximum atomic E-state index is 14.5. The summed E-state index contributed by atoms with van der Waals surface area (Å²) in [5, 5.41) is 4.90. The molecule has 4 nitrogen and oxygen atoms in total. The van der Waals surface area contributed by atoms with Crippen LogP contribution in [0.5, 0.6) is 0 Å². The Morgan fingerprint density at radius 2 is 1.64 bits per heavy atom. The lowest BCUT2D eigenvalue weighted by Crippen LogP contribution is -2.14. The van der Waals surface area contributed by atoms with E-state index in [0.29, 0.717) is 17.3 Å². The van der Waals surface area contributed by atoms with E-state index in [9.17, 15) is 17.2 Å². The predicted octanol–water partition coefficient (Wildman–Crippen LogP) is 3.65. The topological polar surface area (TPSA) is 73.0 Å². The molecule has 3 rings (SSSR count). The first-order valence-corrected chi connectivity index (χ1v) is 8.86. The second kappa shape index (κ2) is 6.34. The molecule has 128 valence electrons. The van der Waals surface area contributed by atoms with Crippen LogP contribution >= 0.6 is 0 Å². The molecule has 2 aromatic carbocycles. The van der Waals surface area contributed by atoms with E-state index in [-0.39, 0.29) is 5.56 Å². The van der Waals surface area contributed by atoms with Crippen LogP contribution in [0.4, 0.5) is 8.78 Å². The average Bonchev–Trinajstić information content (AvgIpc) is 2.56. The predicted molar refractivity (Wildman–Crippen MR) is 91.1 cm³/mol. The van der Waals surface area contributed by atoms with Gasteiger partial charge in [0.25, 0.3) is 0 Å². The molecular weight excluding hydrogens is 346 g/mol.